The van der Waals surface area contributed by atoms with Gasteiger partial charge >= 0.3 is 0 Å². The van der Waals surface area contributed by atoms with Gasteiger partial charge < -0.3 is 0 Å². The molecule has 0 aromatic heterocycles. The van der Waals surface area contributed by atoms with Crippen molar-refractivity contribution >= 4 is 53.9 Å². The molecule has 0 N–H and O–H groups in total. The third kappa shape index (κ3) is 7.50. The fourth-order valence-corrected chi connectivity index (χ4v) is 6.68. The number of hydrogen-bond donors (Lipinski definition) is 0. The van der Waals surface area contributed by atoms with Gasteiger partial charge in [-0.3, -0.25) is 0 Å². The summed E-state index contributed by atoms with van der Waals surface area (Å²) in [6.45, 7) is 12.0. The molecule has 244 valence electrons. The average molecular weight is 637 g/mol. The first-order valence-electron chi connectivity index (χ1n) is 18.0. The highest BCUT2D eigenvalue weighted by Gasteiger charge is 2.23. The van der Waals surface area contributed by atoms with Crippen LogP contribution in [-0.4, -0.2) is 0 Å². The molecule has 3 aliphatic carbocycles. The largest absolute Gasteiger partial charge is 0.0683 e. The molecule has 49 heavy (non-hydrogen) atoms. The van der Waals surface area contributed by atoms with Crippen LogP contribution in [0.25, 0.3) is 53.9 Å². The summed E-state index contributed by atoms with van der Waals surface area (Å²) in [6.07, 6.45) is 19.6. The van der Waals surface area contributed by atoms with Crippen molar-refractivity contribution in [2.75, 3.05) is 0 Å². The third-order valence-electron chi connectivity index (χ3n) is 8.74. The standard InChI is InChI=1S/C16H10.C14H10.C13H10.3C2H6/c1-3-11-7-9-13-5-2-6-14-10-8-12(4-1)15(11)16(13)14;1-2-6-12-10-14-8-4-3-7-13(14)9-11(12)5-1;1-4-10-6-2-8-12-9-3-7-11(5-1)13(10)12;3*1-2/h1-10H;1-10H;1-9,13H;3*1-2H3. The van der Waals surface area contributed by atoms with Crippen molar-refractivity contribution in [2.45, 2.75) is 41.5 Å². The van der Waals surface area contributed by atoms with Crippen LogP contribution in [0, 0.1) is 5.92 Å². The Hall–Kier alpha value is -5.46. The third-order valence-corrected chi connectivity index (χ3v) is 8.74. The normalized spacial score (nSPS) is 13.6. The van der Waals surface area contributed by atoms with Gasteiger partial charge in [-0.25, -0.2) is 0 Å². The molecular weight excluding hydrogens is 589 g/mol. The summed E-state index contributed by atoms with van der Waals surface area (Å²) < 4.78 is 0. The minimum atomic E-state index is 0.514. The Morgan fingerprint density at radius 3 is 0.857 bits per heavy atom. The lowest BCUT2D eigenvalue weighted by Gasteiger charge is -2.27. The van der Waals surface area contributed by atoms with Gasteiger partial charge in [0.1, 0.15) is 0 Å². The lowest BCUT2D eigenvalue weighted by molar-refractivity contribution is 0.878. The van der Waals surface area contributed by atoms with Crippen LogP contribution >= 0.6 is 0 Å². The first kappa shape index (κ1) is 34.9. The van der Waals surface area contributed by atoms with E-state index in [9.17, 15) is 0 Å². The quantitative estimate of drug-likeness (QED) is 0.115. The van der Waals surface area contributed by atoms with Gasteiger partial charge in [-0.05, 0) is 82.7 Å². The molecule has 3 aliphatic rings. The molecule has 0 nitrogen and oxygen atoms in total. The van der Waals surface area contributed by atoms with E-state index in [1.165, 1.54) is 70.6 Å². The molecule has 0 spiro atoms. The Bertz CT molecular complexity index is 2030. The molecule has 10 rings (SSSR count). The van der Waals surface area contributed by atoms with Crippen LogP contribution in [0.1, 0.15) is 41.5 Å². The fourth-order valence-electron chi connectivity index (χ4n) is 6.68. The fraction of sp³-hybridized carbons (Fsp3) is 0.143. The van der Waals surface area contributed by atoms with Gasteiger partial charge in [-0.1, -0.05) is 205 Å². The van der Waals surface area contributed by atoms with E-state index >= 15 is 0 Å². The molecule has 0 bridgehead atoms. The van der Waals surface area contributed by atoms with Crippen molar-refractivity contribution in [3.05, 3.63) is 193 Å². The Labute approximate surface area is 293 Å². The summed E-state index contributed by atoms with van der Waals surface area (Å²) in [4.78, 5) is 0. The summed E-state index contributed by atoms with van der Waals surface area (Å²) in [5.74, 6) is 0.514. The molecule has 0 atom stereocenters. The van der Waals surface area contributed by atoms with Crippen molar-refractivity contribution in [3.63, 3.8) is 0 Å². The van der Waals surface area contributed by atoms with Crippen LogP contribution in [0.4, 0.5) is 0 Å². The topological polar surface area (TPSA) is 0 Å². The van der Waals surface area contributed by atoms with Gasteiger partial charge in [0, 0.05) is 5.92 Å². The van der Waals surface area contributed by atoms with Gasteiger partial charge in [0.25, 0.3) is 0 Å². The van der Waals surface area contributed by atoms with Crippen molar-refractivity contribution in [2.24, 2.45) is 5.92 Å². The summed E-state index contributed by atoms with van der Waals surface area (Å²) in [5, 5.41) is 13.4. The van der Waals surface area contributed by atoms with Gasteiger partial charge in [-0.15, -0.1) is 0 Å². The molecule has 0 saturated carbocycles. The Morgan fingerprint density at radius 1 is 0.306 bits per heavy atom. The van der Waals surface area contributed by atoms with Crippen LogP contribution in [-0.2, 0) is 0 Å². The van der Waals surface area contributed by atoms with Crippen LogP contribution in [0.2, 0.25) is 0 Å². The lowest BCUT2D eigenvalue weighted by Crippen LogP contribution is -2.13. The first-order valence-corrected chi connectivity index (χ1v) is 18.0. The van der Waals surface area contributed by atoms with Crippen LogP contribution in [0.15, 0.2) is 193 Å². The van der Waals surface area contributed by atoms with Gasteiger partial charge in [-0.2, -0.15) is 0 Å². The Kier molecular flexibility index (Phi) is 12.2. The number of rotatable bonds is 0. The molecule has 0 unspecified atom stereocenters. The number of allylic oxidation sites excluding steroid dienone is 12. The van der Waals surface area contributed by atoms with E-state index in [4.69, 9.17) is 0 Å². The van der Waals surface area contributed by atoms with Crippen LogP contribution in [0.3, 0.4) is 0 Å². The summed E-state index contributed by atoms with van der Waals surface area (Å²) in [6, 6.07) is 43.3. The predicted octanol–water partition coefficient (Wildman–Crippen LogP) is 14.7. The Morgan fingerprint density at radius 2 is 0.571 bits per heavy atom. The van der Waals surface area contributed by atoms with Crippen LogP contribution < -0.4 is 0 Å². The second kappa shape index (κ2) is 17.1. The van der Waals surface area contributed by atoms with E-state index in [-0.39, 0.29) is 0 Å². The second-order valence-corrected chi connectivity index (χ2v) is 11.3. The maximum Gasteiger partial charge on any atom is 0.0339 e. The molecule has 7 aromatic carbocycles. The zero-order valence-electron chi connectivity index (χ0n) is 29.8. The van der Waals surface area contributed by atoms with Crippen molar-refractivity contribution < 1.29 is 0 Å². The van der Waals surface area contributed by atoms with E-state index in [0.29, 0.717) is 5.92 Å². The van der Waals surface area contributed by atoms with E-state index in [2.05, 4.69) is 176 Å². The zero-order valence-corrected chi connectivity index (χ0v) is 29.8. The molecular formula is C49H48. The summed E-state index contributed by atoms with van der Waals surface area (Å²) >= 11 is 0. The molecule has 0 heterocycles. The first-order chi connectivity index (χ1) is 24.3. The van der Waals surface area contributed by atoms with E-state index < -0.39 is 0 Å². The van der Waals surface area contributed by atoms with Gasteiger partial charge in [0.15, 0.2) is 0 Å². The summed E-state index contributed by atoms with van der Waals surface area (Å²) in [5.41, 5.74) is 4.24. The smallest absolute Gasteiger partial charge is 0.0339 e. The minimum Gasteiger partial charge on any atom is -0.0683 e. The van der Waals surface area contributed by atoms with Crippen molar-refractivity contribution in [1.82, 2.24) is 0 Å². The molecule has 7 aromatic rings. The van der Waals surface area contributed by atoms with E-state index in [0.717, 1.165) is 0 Å². The predicted molar refractivity (Wildman–Crippen MR) is 221 cm³/mol. The van der Waals surface area contributed by atoms with Gasteiger partial charge in [0.05, 0.1) is 0 Å². The molecule has 0 radical (unpaired) electrons. The lowest BCUT2D eigenvalue weighted by atomic mass is 9.76. The van der Waals surface area contributed by atoms with Crippen molar-refractivity contribution in [1.29, 1.82) is 0 Å². The Balaban J connectivity index is 0.000000134. The maximum atomic E-state index is 2.24. The second-order valence-electron chi connectivity index (χ2n) is 11.3. The molecule has 0 heteroatoms. The number of hydrogen-bond acceptors (Lipinski definition) is 0. The molecule has 0 amide bonds. The van der Waals surface area contributed by atoms with Gasteiger partial charge in [0.2, 0.25) is 0 Å². The summed E-state index contributed by atoms with van der Waals surface area (Å²) in [7, 11) is 0. The maximum absolute atomic E-state index is 2.24. The number of fused-ring (bicyclic) bond motifs is 2. The average Bonchev–Trinajstić information content (AvgIpc) is 3.19. The monoisotopic (exact) mass is 636 g/mol. The van der Waals surface area contributed by atoms with E-state index in [1.54, 1.807) is 0 Å². The van der Waals surface area contributed by atoms with Crippen LogP contribution in [0.5, 0.6) is 0 Å². The highest BCUT2D eigenvalue weighted by atomic mass is 14.3. The highest BCUT2D eigenvalue weighted by Crippen LogP contribution is 2.38. The molecule has 0 aliphatic heterocycles. The minimum absolute atomic E-state index is 0.514. The van der Waals surface area contributed by atoms with E-state index in [1.807, 2.05) is 41.5 Å². The SMILES string of the molecule is C1=CC2=CC=CC3=CC=CC(=C1)C23.CC.CC.CC.c1cc2ccc3cccc4ccc(c1)c2c34.c1ccc2cc3ccccc3cc2c1. The molecule has 0 saturated heterocycles. The highest BCUT2D eigenvalue weighted by molar-refractivity contribution is 6.22. The zero-order chi connectivity index (χ0) is 34.6. The van der Waals surface area contributed by atoms with Crippen molar-refractivity contribution in [3.8, 4) is 0 Å². The number of benzene rings is 7. The molecule has 0 fully saturated rings.